The van der Waals surface area contributed by atoms with Crippen molar-refractivity contribution in [2.75, 3.05) is 27.3 Å². The third-order valence-corrected chi connectivity index (χ3v) is 4.29. The number of non-ortho nitro benzene ring substituents is 1. The Hall–Kier alpha value is -3.89. The Labute approximate surface area is 171 Å². The van der Waals surface area contributed by atoms with Gasteiger partial charge in [-0.1, -0.05) is 12.1 Å². The molecule has 0 aliphatic carbocycles. The quantitative estimate of drug-likeness (QED) is 0.275. The number of nitro groups is 1. The Morgan fingerprint density at radius 3 is 2.40 bits per heavy atom. The number of methoxy groups -OCH3 is 1. The standard InChI is InChI=1S/C19H20N4O7/c1-11-15(18(24)29-4)17(13-6-5-7-14(10-13)23(27)28)16(12(2)20-11)19(25)30-9-8-22(3)21-26/h5-7,10H,8-9H2,1-4H3. The number of aryl methyl sites for hydroxylation is 2. The second-order valence-electron chi connectivity index (χ2n) is 6.31. The van der Waals surface area contributed by atoms with Crippen LogP contribution < -0.4 is 0 Å². The summed E-state index contributed by atoms with van der Waals surface area (Å²) in [4.78, 5) is 50.6. The minimum absolute atomic E-state index is 0.00206. The fraction of sp³-hybridized carbons (Fsp3) is 0.316. The number of carbonyl (C=O) groups excluding carboxylic acids is 2. The van der Waals surface area contributed by atoms with Gasteiger partial charge in [0, 0.05) is 24.7 Å². The van der Waals surface area contributed by atoms with E-state index in [1.807, 2.05) is 0 Å². The highest BCUT2D eigenvalue weighted by Crippen LogP contribution is 2.34. The van der Waals surface area contributed by atoms with Gasteiger partial charge in [-0.25, -0.2) is 9.59 Å². The first kappa shape index (κ1) is 22.4. The Morgan fingerprint density at radius 1 is 1.20 bits per heavy atom. The van der Waals surface area contributed by atoms with Crippen LogP contribution in [0.1, 0.15) is 32.1 Å². The Kier molecular flexibility index (Phi) is 7.13. The van der Waals surface area contributed by atoms with Crippen LogP contribution >= 0.6 is 0 Å². The molecular weight excluding hydrogens is 396 g/mol. The van der Waals surface area contributed by atoms with E-state index in [1.165, 1.54) is 38.4 Å². The lowest BCUT2D eigenvalue weighted by atomic mass is 9.92. The van der Waals surface area contributed by atoms with E-state index in [1.54, 1.807) is 13.8 Å². The van der Waals surface area contributed by atoms with E-state index in [0.717, 1.165) is 5.01 Å². The van der Waals surface area contributed by atoms with Gasteiger partial charge >= 0.3 is 11.9 Å². The topological polar surface area (TPSA) is 141 Å². The van der Waals surface area contributed by atoms with Crippen molar-refractivity contribution in [1.82, 2.24) is 9.99 Å². The smallest absolute Gasteiger partial charge is 0.340 e. The fourth-order valence-electron chi connectivity index (χ4n) is 2.90. The SMILES string of the molecule is COC(=O)c1c(C)nc(C)c(C(=O)OCCN(C)N=O)c1-c1cccc([N+](=O)[O-])c1. The highest BCUT2D eigenvalue weighted by Gasteiger charge is 2.28. The molecule has 0 aliphatic heterocycles. The van der Waals surface area contributed by atoms with Crippen molar-refractivity contribution in [3.8, 4) is 11.1 Å². The zero-order chi connectivity index (χ0) is 22.4. The van der Waals surface area contributed by atoms with Crippen molar-refractivity contribution in [3.63, 3.8) is 0 Å². The summed E-state index contributed by atoms with van der Waals surface area (Å²) in [5.74, 6) is -1.55. The molecule has 0 fully saturated rings. The molecule has 0 radical (unpaired) electrons. The number of carbonyl (C=O) groups is 2. The molecule has 0 aliphatic rings. The summed E-state index contributed by atoms with van der Waals surface area (Å²) in [5.41, 5.74) is 0.717. The van der Waals surface area contributed by atoms with E-state index >= 15 is 0 Å². The van der Waals surface area contributed by atoms with Crippen LogP contribution in [0.4, 0.5) is 5.69 Å². The van der Waals surface area contributed by atoms with Crippen LogP contribution in [0.15, 0.2) is 29.6 Å². The summed E-state index contributed by atoms with van der Waals surface area (Å²) in [5, 5.41) is 14.9. The first-order valence-electron chi connectivity index (χ1n) is 8.77. The number of rotatable bonds is 8. The van der Waals surface area contributed by atoms with E-state index in [4.69, 9.17) is 9.47 Å². The minimum Gasteiger partial charge on any atom is -0.465 e. The molecule has 0 N–H and O–H groups in total. The van der Waals surface area contributed by atoms with Gasteiger partial charge in [0.1, 0.15) is 6.61 Å². The number of hydrogen-bond acceptors (Lipinski definition) is 9. The number of esters is 2. The summed E-state index contributed by atoms with van der Waals surface area (Å²) in [7, 11) is 2.60. The number of benzene rings is 1. The van der Waals surface area contributed by atoms with E-state index < -0.39 is 16.9 Å². The zero-order valence-corrected chi connectivity index (χ0v) is 16.9. The van der Waals surface area contributed by atoms with Crippen molar-refractivity contribution in [3.05, 3.63) is 61.8 Å². The van der Waals surface area contributed by atoms with Gasteiger partial charge in [-0.05, 0) is 19.4 Å². The highest BCUT2D eigenvalue weighted by molar-refractivity contribution is 6.07. The maximum atomic E-state index is 12.8. The molecule has 0 saturated heterocycles. The molecule has 2 aromatic rings. The lowest BCUT2D eigenvalue weighted by molar-refractivity contribution is -0.384. The maximum absolute atomic E-state index is 12.8. The summed E-state index contributed by atoms with van der Waals surface area (Å²) in [6.45, 7) is 3.05. The van der Waals surface area contributed by atoms with E-state index in [0.29, 0.717) is 5.69 Å². The molecule has 0 spiro atoms. The molecule has 1 aromatic heterocycles. The predicted octanol–water partition coefficient (Wildman–Crippen LogP) is 2.83. The van der Waals surface area contributed by atoms with Gasteiger partial charge in [0.05, 0.1) is 46.4 Å². The number of pyridine rings is 1. The summed E-state index contributed by atoms with van der Waals surface area (Å²) >= 11 is 0. The molecule has 0 bridgehead atoms. The summed E-state index contributed by atoms with van der Waals surface area (Å²) < 4.78 is 10.1. The van der Waals surface area contributed by atoms with Gasteiger partial charge in [0.2, 0.25) is 0 Å². The molecule has 2 rings (SSSR count). The monoisotopic (exact) mass is 416 g/mol. The second-order valence-corrected chi connectivity index (χ2v) is 6.31. The van der Waals surface area contributed by atoms with Crippen LogP contribution in [0, 0.1) is 28.9 Å². The van der Waals surface area contributed by atoms with Crippen LogP contribution in [-0.4, -0.2) is 54.2 Å². The van der Waals surface area contributed by atoms with E-state index in [9.17, 15) is 24.6 Å². The molecular formula is C19H20N4O7. The average molecular weight is 416 g/mol. The summed E-state index contributed by atoms with van der Waals surface area (Å²) in [6, 6.07) is 5.53. The Bertz CT molecular complexity index is 1010. The van der Waals surface area contributed by atoms with Crippen molar-refractivity contribution >= 4 is 17.6 Å². The molecule has 0 atom stereocenters. The number of nitrogens with zero attached hydrogens (tertiary/aromatic N) is 4. The lowest BCUT2D eigenvalue weighted by Crippen LogP contribution is -2.21. The van der Waals surface area contributed by atoms with Gasteiger partial charge < -0.3 is 9.47 Å². The highest BCUT2D eigenvalue weighted by atomic mass is 16.6. The van der Waals surface area contributed by atoms with Gasteiger partial charge in [-0.3, -0.25) is 20.1 Å². The molecule has 1 heterocycles. The maximum Gasteiger partial charge on any atom is 0.340 e. The Morgan fingerprint density at radius 2 is 1.83 bits per heavy atom. The van der Waals surface area contributed by atoms with E-state index in [2.05, 4.69) is 10.3 Å². The number of nitroso groups, excluding NO2 is 1. The molecule has 11 nitrogen and oxygen atoms in total. The molecule has 158 valence electrons. The largest absolute Gasteiger partial charge is 0.465 e. The number of aromatic nitrogens is 1. The van der Waals surface area contributed by atoms with Gasteiger partial charge in [0.15, 0.2) is 0 Å². The third-order valence-electron chi connectivity index (χ3n) is 4.29. The lowest BCUT2D eigenvalue weighted by Gasteiger charge is -2.18. The van der Waals surface area contributed by atoms with Gasteiger partial charge in [0.25, 0.3) is 5.69 Å². The minimum atomic E-state index is -0.800. The molecule has 0 saturated carbocycles. The second kappa shape index (κ2) is 9.54. The van der Waals surface area contributed by atoms with Crippen LogP contribution in [0.5, 0.6) is 0 Å². The van der Waals surface area contributed by atoms with Crippen LogP contribution in [0.2, 0.25) is 0 Å². The molecule has 0 amide bonds. The Balaban J connectivity index is 2.68. The normalized spacial score (nSPS) is 10.3. The molecule has 11 heteroatoms. The fourth-order valence-corrected chi connectivity index (χ4v) is 2.90. The van der Waals surface area contributed by atoms with E-state index in [-0.39, 0.29) is 46.8 Å². The van der Waals surface area contributed by atoms with Gasteiger partial charge in [-0.2, -0.15) is 0 Å². The third kappa shape index (κ3) is 4.74. The number of likely N-dealkylation sites (N-methyl/N-ethyl adjacent to an activating group) is 1. The predicted molar refractivity (Wildman–Crippen MR) is 106 cm³/mol. The summed E-state index contributed by atoms with van der Waals surface area (Å²) in [6.07, 6.45) is 0. The molecule has 30 heavy (non-hydrogen) atoms. The average Bonchev–Trinajstić information content (AvgIpc) is 2.72. The first-order chi connectivity index (χ1) is 14.2. The molecule has 0 unspecified atom stereocenters. The van der Waals surface area contributed by atoms with Crippen molar-refractivity contribution in [2.24, 2.45) is 5.29 Å². The van der Waals surface area contributed by atoms with Crippen molar-refractivity contribution < 1.29 is 24.0 Å². The number of nitro benzene ring substituents is 1. The van der Waals surface area contributed by atoms with Gasteiger partial charge in [-0.15, -0.1) is 4.91 Å². The van der Waals surface area contributed by atoms with Crippen molar-refractivity contribution in [1.29, 1.82) is 0 Å². The van der Waals surface area contributed by atoms with Crippen molar-refractivity contribution in [2.45, 2.75) is 13.8 Å². The molecule has 1 aromatic carbocycles. The van der Waals surface area contributed by atoms with Crippen LogP contribution in [0.25, 0.3) is 11.1 Å². The van der Waals surface area contributed by atoms with Crippen LogP contribution in [0.3, 0.4) is 0 Å². The number of hydrogen-bond donors (Lipinski definition) is 0. The first-order valence-corrected chi connectivity index (χ1v) is 8.77. The zero-order valence-electron chi connectivity index (χ0n) is 16.9. The van der Waals surface area contributed by atoms with Crippen LogP contribution in [-0.2, 0) is 9.47 Å². The number of ether oxygens (including phenoxy) is 2.